The van der Waals surface area contributed by atoms with Crippen LogP contribution < -0.4 is 10.1 Å². The zero-order valence-corrected chi connectivity index (χ0v) is 13.8. The first-order valence-electron chi connectivity index (χ1n) is 6.60. The van der Waals surface area contributed by atoms with Crippen molar-refractivity contribution < 1.29 is 14.6 Å². The molecule has 0 saturated carbocycles. The maximum absolute atomic E-state index is 12.2. The van der Waals surface area contributed by atoms with Crippen molar-refractivity contribution >= 4 is 33.6 Å². The molecule has 2 N–H and O–H groups in total. The monoisotopic (exact) mass is 372 g/mol. The average molecular weight is 373 g/mol. The number of halogens is 1. The molecule has 0 heterocycles. The van der Waals surface area contributed by atoms with Gasteiger partial charge in [0.15, 0.2) is 11.5 Å². The molecule has 0 atom stereocenters. The summed E-state index contributed by atoms with van der Waals surface area (Å²) in [5.74, 6) is -0.422. The number of rotatable bonds is 4. The van der Waals surface area contributed by atoms with Gasteiger partial charge in [0.2, 0.25) is 0 Å². The number of methoxy groups -OCH3 is 1. The molecular formula is C17H13BrN2O3. The van der Waals surface area contributed by atoms with Gasteiger partial charge in [0.05, 0.1) is 7.11 Å². The molecule has 0 aromatic heterocycles. The van der Waals surface area contributed by atoms with Gasteiger partial charge in [0.1, 0.15) is 11.6 Å². The zero-order chi connectivity index (χ0) is 16.8. The highest BCUT2D eigenvalue weighted by atomic mass is 79.9. The second-order valence-corrected chi connectivity index (χ2v) is 5.45. The van der Waals surface area contributed by atoms with Gasteiger partial charge in [0, 0.05) is 15.7 Å². The number of phenolic OH excluding ortho intramolecular Hbond substituents is 1. The van der Waals surface area contributed by atoms with Gasteiger partial charge in [-0.1, -0.05) is 34.1 Å². The van der Waals surface area contributed by atoms with E-state index in [0.717, 1.165) is 4.47 Å². The molecule has 0 radical (unpaired) electrons. The lowest BCUT2D eigenvalue weighted by Gasteiger charge is -2.07. The predicted octanol–water partition coefficient (Wildman–Crippen LogP) is 3.71. The number of benzene rings is 2. The number of aromatic hydroxyl groups is 1. The molecule has 0 bridgehead atoms. The first-order valence-corrected chi connectivity index (χ1v) is 7.39. The SMILES string of the molecule is COc1cccc(/C=C(\C#N)C(=O)Nc2cccc(Br)c2)c1O. The number of nitriles is 1. The number of nitrogens with zero attached hydrogens (tertiary/aromatic N) is 1. The molecule has 2 aromatic rings. The highest BCUT2D eigenvalue weighted by Gasteiger charge is 2.12. The van der Waals surface area contributed by atoms with E-state index in [0.29, 0.717) is 11.3 Å². The van der Waals surface area contributed by atoms with Crippen LogP contribution in [-0.4, -0.2) is 18.1 Å². The van der Waals surface area contributed by atoms with Crippen LogP contribution in [0.2, 0.25) is 0 Å². The fraction of sp³-hybridized carbons (Fsp3) is 0.0588. The van der Waals surface area contributed by atoms with Gasteiger partial charge in [0.25, 0.3) is 5.91 Å². The summed E-state index contributed by atoms with van der Waals surface area (Å²) in [6.07, 6.45) is 1.31. The molecule has 0 spiro atoms. The Bertz CT molecular complexity index is 810. The number of ether oxygens (including phenoxy) is 1. The Kier molecular flexibility index (Phi) is 5.39. The topological polar surface area (TPSA) is 82.3 Å². The van der Waals surface area contributed by atoms with Crippen LogP contribution >= 0.6 is 15.9 Å². The van der Waals surface area contributed by atoms with Gasteiger partial charge in [-0.15, -0.1) is 0 Å². The van der Waals surface area contributed by atoms with Crippen molar-refractivity contribution in [1.29, 1.82) is 5.26 Å². The predicted molar refractivity (Wildman–Crippen MR) is 91.0 cm³/mol. The van der Waals surface area contributed by atoms with Crippen LogP contribution in [0.5, 0.6) is 11.5 Å². The maximum Gasteiger partial charge on any atom is 0.266 e. The van der Waals surface area contributed by atoms with Gasteiger partial charge in [-0.2, -0.15) is 5.26 Å². The van der Waals surface area contributed by atoms with E-state index < -0.39 is 5.91 Å². The lowest BCUT2D eigenvalue weighted by atomic mass is 10.1. The Morgan fingerprint density at radius 1 is 1.35 bits per heavy atom. The summed E-state index contributed by atoms with van der Waals surface area (Å²) in [4.78, 5) is 12.2. The highest BCUT2D eigenvalue weighted by Crippen LogP contribution is 2.31. The molecule has 1 amide bonds. The van der Waals surface area contributed by atoms with Crippen LogP contribution in [-0.2, 0) is 4.79 Å². The van der Waals surface area contributed by atoms with Crippen LogP contribution in [0.1, 0.15) is 5.56 Å². The van der Waals surface area contributed by atoms with E-state index in [2.05, 4.69) is 21.2 Å². The molecule has 0 unspecified atom stereocenters. The molecule has 0 aliphatic rings. The van der Waals surface area contributed by atoms with Gasteiger partial charge in [-0.25, -0.2) is 0 Å². The summed E-state index contributed by atoms with van der Waals surface area (Å²) >= 11 is 3.31. The van der Waals surface area contributed by atoms with E-state index >= 15 is 0 Å². The quantitative estimate of drug-likeness (QED) is 0.632. The molecule has 6 heteroatoms. The number of hydrogen-bond donors (Lipinski definition) is 2. The Balaban J connectivity index is 2.29. The Labute approximate surface area is 142 Å². The Morgan fingerprint density at radius 2 is 2.09 bits per heavy atom. The largest absolute Gasteiger partial charge is 0.504 e. The van der Waals surface area contributed by atoms with E-state index in [9.17, 15) is 15.2 Å². The van der Waals surface area contributed by atoms with Crippen molar-refractivity contribution in [3.05, 3.63) is 58.1 Å². The molecule has 0 aliphatic heterocycles. The smallest absolute Gasteiger partial charge is 0.266 e. The molecule has 5 nitrogen and oxygen atoms in total. The fourth-order valence-electron chi connectivity index (χ4n) is 1.89. The van der Waals surface area contributed by atoms with Gasteiger partial charge in [-0.3, -0.25) is 4.79 Å². The van der Waals surface area contributed by atoms with E-state index in [-0.39, 0.29) is 17.1 Å². The lowest BCUT2D eigenvalue weighted by molar-refractivity contribution is -0.112. The van der Waals surface area contributed by atoms with Crippen molar-refractivity contribution in [3.63, 3.8) is 0 Å². The number of hydrogen-bond acceptors (Lipinski definition) is 4. The molecule has 0 fully saturated rings. The highest BCUT2D eigenvalue weighted by molar-refractivity contribution is 9.10. The van der Waals surface area contributed by atoms with Crippen molar-refractivity contribution in [2.24, 2.45) is 0 Å². The van der Waals surface area contributed by atoms with Crippen LogP contribution in [0.3, 0.4) is 0 Å². The van der Waals surface area contributed by atoms with Crippen molar-refractivity contribution in [2.45, 2.75) is 0 Å². The summed E-state index contributed by atoms with van der Waals surface area (Å²) in [6, 6.07) is 13.7. The zero-order valence-electron chi connectivity index (χ0n) is 12.2. The third-order valence-electron chi connectivity index (χ3n) is 3.00. The number of phenols is 1. The average Bonchev–Trinajstić information content (AvgIpc) is 2.53. The number of anilines is 1. The van der Waals surface area contributed by atoms with Crippen LogP contribution in [0.15, 0.2) is 52.5 Å². The first kappa shape index (κ1) is 16.6. The number of carbonyl (C=O) groups is 1. The van der Waals surface area contributed by atoms with Gasteiger partial charge < -0.3 is 15.2 Å². The van der Waals surface area contributed by atoms with Crippen molar-refractivity contribution in [1.82, 2.24) is 0 Å². The summed E-state index contributed by atoms with van der Waals surface area (Å²) in [6.45, 7) is 0. The number of nitrogens with one attached hydrogen (secondary N) is 1. The summed E-state index contributed by atoms with van der Waals surface area (Å²) in [5.41, 5.74) is 0.749. The minimum absolute atomic E-state index is 0.127. The third-order valence-corrected chi connectivity index (χ3v) is 3.49. The summed E-state index contributed by atoms with van der Waals surface area (Å²) in [5, 5.41) is 21.9. The normalized spacial score (nSPS) is 10.7. The molecule has 23 heavy (non-hydrogen) atoms. The van der Waals surface area contributed by atoms with Crippen molar-refractivity contribution in [2.75, 3.05) is 12.4 Å². The molecule has 116 valence electrons. The molecule has 2 rings (SSSR count). The maximum atomic E-state index is 12.2. The van der Waals surface area contributed by atoms with Crippen LogP contribution in [0, 0.1) is 11.3 Å². The molecule has 0 aliphatic carbocycles. The molecule has 2 aromatic carbocycles. The Morgan fingerprint density at radius 3 is 2.74 bits per heavy atom. The standard InChI is InChI=1S/C17H13BrN2O3/c1-23-15-7-2-4-11(16(15)21)8-12(10-19)17(22)20-14-6-3-5-13(18)9-14/h2-9,21H,1H3,(H,20,22)/b12-8+. The lowest BCUT2D eigenvalue weighted by Crippen LogP contribution is -2.13. The minimum Gasteiger partial charge on any atom is -0.504 e. The van der Waals surface area contributed by atoms with Gasteiger partial charge in [-0.05, 0) is 30.3 Å². The summed E-state index contributed by atoms with van der Waals surface area (Å²) in [7, 11) is 1.42. The van der Waals surface area contributed by atoms with Gasteiger partial charge >= 0.3 is 0 Å². The van der Waals surface area contributed by atoms with E-state index in [1.54, 1.807) is 36.4 Å². The first-order chi connectivity index (χ1) is 11.0. The van der Waals surface area contributed by atoms with Crippen molar-refractivity contribution in [3.8, 4) is 17.6 Å². The Hall–Kier alpha value is -2.78. The second kappa shape index (κ2) is 7.47. The molecular weight excluding hydrogens is 360 g/mol. The molecule has 0 saturated heterocycles. The van der Waals surface area contributed by atoms with E-state index in [4.69, 9.17) is 4.74 Å². The number of amides is 1. The minimum atomic E-state index is -0.562. The fourth-order valence-corrected chi connectivity index (χ4v) is 2.29. The number of para-hydroxylation sites is 1. The second-order valence-electron chi connectivity index (χ2n) is 4.53. The van der Waals surface area contributed by atoms with Crippen LogP contribution in [0.25, 0.3) is 6.08 Å². The van der Waals surface area contributed by atoms with E-state index in [1.807, 2.05) is 12.1 Å². The summed E-state index contributed by atoms with van der Waals surface area (Å²) < 4.78 is 5.81. The number of carbonyl (C=O) groups excluding carboxylic acids is 1. The van der Waals surface area contributed by atoms with Crippen LogP contribution in [0.4, 0.5) is 5.69 Å². The third kappa shape index (κ3) is 4.11. The van der Waals surface area contributed by atoms with E-state index in [1.165, 1.54) is 13.2 Å².